The Morgan fingerprint density at radius 3 is 2.58 bits per heavy atom. The van der Waals surface area contributed by atoms with Gasteiger partial charge in [-0.2, -0.15) is 0 Å². The molecule has 0 saturated carbocycles. The molecule has 3 aromatic heterocycles. The minimum Gasteiger partial charge on any atom is -0.451 e. The molecule has 158 valence electrons. The predicted molar refractivity (Wildman–Crippen MR) is 114 cm³/mol. The maximum atomic E-state index is 13.3. The lowest BCUT2D eigenvalue weighted by Gasteiger charge is -2.26. The van der Waals surface area contributed by atoms with Crippen molar-refractivity contribution >= 4 is 11.3 Å². The number of morpholine rings is 1. The summed E-state index contributed by atoms with van der Waals surface area (Å²) in [5, 5.41) is 0. The van der Waals surface area contributed by atoms with Gasteiger partial charge in [-0.05, 0) is 35.4 Å². The third-order valence-corrected chi connectivity index (χ3v) is 5.68. The Bertz CT molecular complexity index is 1190. The van der Waals surface area contributed by atoms with Crippen molar-refractivity contribution < 1.29 is 18.3 Å². The van der Waals surface area contributed by atoms with Crippen LogP contribution in [0.2, 0.25) is 0 Å². The van der Waals surface area contributed by atoms with Gasteiger partial charge in [0.1, 0.15) is 17.8 Å². The molecule has 31 heavy (non-hydrogen) atoms. The summed E-state index contributed by atoms with van der Waals surface area (Å²) in [6, 6.07) is 12.2. The van der Waals surface area contributed by atoms with Crippen LogP contribution in [-0.4, -0.2) is 52.9 Å². The standard InChI is InChI=1S/C24H22FN3O3/c25-19-4-1-17(2-5-19)18-3-6-20-13-21(23(29)7-8-27-9-11-30-12-10-27)24(28(20)14-18)22-15-31-16-26-22/h1-6,13-16H,7-12H2. The van der Waals surface area contributed by atoms with Crippen molar-refractivity contribution in [2.75, 3.05) is 32.8 Å². The number of halogens is 1. The van der Waals surface area contributed by atoms with Crippen LogP contribution < -0.4 is 0 Å². The molecule has 5 rings (SSSR count). The minimum atomic E-state index is -0.276. The first-order valence-electron chi connectivity index (χ1n) is 10.3. The molecule has 1 aliphatic heterocycles. The number of pyridine rings is 1. The van der Waals surface area contributed by atoms with Gasteiger partial charge in [-0.3, -0.25) is 9.69 Å². The topological polar surface area (TPSA) is 60.0 Å². The Kier molecular flexibility index (Phi) is 5.36. The molecule has 4 heterocycles. The van der Waals surface area contributed by atoms with Crippen LogP contribution in [-0.2, 0) is 4.74 Å². The number of ether oxygens (including phenoxy) is 1. The molecule has 0 amide bonds. The van der Waals surface area contributed by atoms with E-state index in [2.05, 4.69) is 9.88 Å². The molecular weight excluding hydrogens is 397 g/mol. The van der Waals surface area contributed by atoms with Crippen LogP contribution in [0.25, 0.3) is 28.0 Å². The summed E-state index contributed by atoms with van der Waals surface area (Å²) in [5.74, 6) is -0.209. The van der Waals surface area contributed by atoms with Crippen molar-refractivity contribution in [2.24, 2.45) is 0 Å². The second kappa shape index (κ2) is 8.45. The van der Waals surface area contributed by atoms with Crippen LogP contribution >= 0.6 is 0 Å². The van der Waals surface area contributed by atoms with E-state index < -0.39 is 0 Å². The van der Waals surface area contributed by atoms with Gasteiger partial charge < -0.3 is 13.6 Å². The number of carbonyl (C=O) groups is 1. The average molecular weight is 419 g/mol. The number of benzene rings is 1. The van der Waals surface area contributed by atoms with Crippen LogP contribution in [0.5, 0.6) is 0 Å². The highest BCUT2D eigenvalue weighted by Crippen LogP contribution is 2.30. The van der Waals surface area contributed by atoms with Crippen LogP contribution in [0, 0.1) is 5.82 Å². The number of hydrogen-bond acceptors (Lipinski definition) is 5. The number of nitrogens with zero attached hydrogens (tertiary/aromatic N) is 3. The average Bonchev–Trinajstić information content (AvgIpc) is 3.46. The summed E-state index contributed by atoms with van der Waals surface area (Å²) in [6.07, 6.45) is 5.28. The number of oxazole rings is 1. The molecule has 0 radical (unpaired) electrons. The van der Waals surface area contributed by atoms with Gasteiger partial charge >= 0.3 is 0 Å². The summed E-state index contributed by atoms with van der Waals surface area (Å²) >= 11 is 0. The van der Waals surface area contributed by atoms with E-state index in [1.165, 1.54) is 18.5 Å². The lowest BCUT2D eigenvalue weighted by atomic mass is 10.1. The third kappa shape index (κ3) is 4.02. The van der Waals surface area contributed by atoms with Gasteiger partial charge in [-0.15, -0.1) is 0 Å². The molecule has 0 atom stereocenters. The normalized spacial score (nSPS) is 14.9. The fourth-order valence-electron chi connectivity index (χ4n) is 4.01. The fourth-order valence-corrected chi connectivity index (χ4v) is 4.01. The number of fused-ring (bicyclic) bond motifs is 1. The zero-order valence-corrected chi connectivity index (χ0v) is 17.0. The predicted octanol–water partition coefficient (Wildman–Crippen LogP) is 4.31. The van der Waals surface area contributed by atoms with Crippen LogP contribution in [0.15, 0.2) is 65.7 Å². The van der Waals surface area contributed by atoms with Gasteiger partial charge in [-0.1, -0.05) is 18.2 Å². The van der Waals surface area contributed by atoms with Crippen molar-refractivity contribution in [3.63, 3.8) is 0 Å². The smallest absolute Gasteiger partial charge is 0.181 e. The second-order valence-electron chi connectivity index (χ2n) is 7.63. The Balaban J connectivity index is 1.52. The lowest BCUT2D eigenvalue weighted by Crippen LogP contribution is -2.37. The number of rotatable bonds is 6. The Labute approximate surface area is 178 Å². The number of carbonyl (C=O) groups excluding carboxylic acids is 1. The maximum Gasteiger partial charge on any atom is 0.181 e. The van der Waals surface area contributed by atoms with Crippen molar-refractivity contribution in [3.05, 3.63) is 72.7 Å². The first kappa shape index (κ1) is 19.7. The summed E-state index contributed by atoms with van der Waals surface area (Å²) < 4.78 is 25.9. The van der Waals surface area contributed by atoms with E-state index in [1.807, 2.05) is 28.8 Å². The monoisotopic (exact) mass is 419 g/mol. The van der Waals surface area contributed by atoms with E-state index in [4.69, 9.17) is 9.15 Å². The highest BCUT2D eigenvalue weighted by molar-refractivity contribution is 6.03. The molecule has 1 aliphatic rings. The summed E-state index contributed by atoms with van der Waals surface area (Å²) in [4.78, 5) is 19.7. The van der Waals surface area contributed by atoms with Gasteiger partial charge in [0.15, 0.2) is 12.2 Å². The first-order valence-corrected chi connectivity index (χ1v) is 10.3. The number of hydrogen-bond donors (Lipinski definition) is 0. The number of Topliss-reactive ketones (excluding diaryl/α,β-unsaturated/α-hetero) is 1. The van der Waals surface area contributed by atoms with Crippen molar-refractivity contribution in [1.82, 2.24) is 14.3 Å². The molecule has 0 unspecified atom stereocenters. The van der Waals surface area contributed by atoms with Crippen LogP contribution in [0.4, 0.5) is 4.39 Å². The molecule has 4 aromatic rings. The van der Waals surface area contributed by atoms with E-state index in [1.54, 1.807) is 18.4 Å². The van der Waals surface area contributed by atoms with Gasteiger partial charge in [0.2, 0.25) is 0 Å². The largest absolute Gasteiger partial charge is 0.451 e. The quantitative estimate of drug-likeness (QED) is 0.436. The molecular formula is C24H22FN3O3. The number of aromatic nitrogens is 2. The third-order valence-electron chi connectivity index (χ3n) is 5.68. The molecule has 0 spiro atoms. The van der Waals surface area contributed by atoms with Gasteiger partial charge in [0, 0.05) is 43.3 Å². The SMILES string of the molecule is O=C(CCN1CCOCC1)c1cc2ccc(-c3ccc(F)cc3)cn2c1-c1cocn1. The van der Waals surface area contributed by atoms with Crippen molar-refractivity contribution in [3.8, 4) is 22.5 Å². The molecule has 6 nitrogen and oxygen atoms in total. The zero-order valence-electron chi connectivity index (χ0n) is 17.0. The second-order valence-corrected chi connectivity index (χ2v) is 7.63. The molecule has 7 heteroatoms. The van der Waals surface area contributed by atoms with Gasteiger partial charge in [0.05, 0.1) is 18.9 Å². The van der Waals surface area contributed by atoms with Crippen LogP contribution in [0.3, 0.4) is 0 Å². The first-order chi connectivity index (χ1) is 15.2. The van der Waals surface area contributed by atoms with Crippen molar-refractivity contribution in [1.29, 1.82) is 0 Å². The summed E-state index contributed by atoms with van der Waals surface area (Å²) in [6.45, 7) is 3.82. The highest BCUT2D eigenvalue weighted by atomic mass is 19.1. The molecule has 0 aliphatic carbocycles. The minimum absolute atomic E-state index is 0.0662. The Hall–Kier alpha value is -3.29. The Morgan fingerprint density at radius 2 is 1.84 bits per heavy atom. The van der Waals surface area contributed by atoms with E-state index in [-0.39, 0.29) is 11.6 Å². The fraction of sp³-hybridized carbons (Fsp3) is 0.250. The molecule has 0 N–H and O–H groups in total. The van der Waals surface area contributed by atoms with E-state index in [0.717, 1.165) is 29.7 Å². The summed E-state index contributed by atoms with van der Waals surface area (Å²) in [7, 11) is 0. The Morgan fingerprint density at radius 1 is 1.06 bits per heavy atom. The molecule has 1 aromatic carbocycles. The number of ketones is 1. The summed E-state index contributed by atoms with van der Waals surface area (Å²) in [5.41, 5.74) is 4.63. The van der Waals surface area contributed by atoms with Gasteiger partial charge in [0.25, 0.3) is 0 Å². The van der Waals surface area contributed by atoms with Gasteiger partial charge in [-0.25, -0.2) is 9.37 Å². The molecule has 0 bridgehead atoms. The molecule has 1 saturated heterocycles. The zero-order chi connectivity index (χ0) is 21.2. The highest BCUT2D eigenvalue weighted by Gasteiger charge is 2.21. The van der Waals surface area contributed by atoms with E-state index in [9.17, 15) is 9.18 Å². The van der Waals surface area contributed by atoms with Crippen molar-refractivity contribution in [2.45, 2.75) is 6.42 Å². The van der Waals surface area contributed by atoms with E-state index in [0.29, 0.717) is 43.1 Å². The van der Waals surface area contributed by atoms with Crippen LogP contribution in [0.1, 0.15) is 16.8 Å². The van der Waals surface area contributed by atoms with E-state index >= 15 is 0 Å². The maximum absolute atomic E-state index is 13.3. The molecule has 1 fully saturated rings. The lowest BCUT2D eigenvalue weighted by molar-refractivity contribution is 0.0370.